The van der Waals surface area contributed by atoms with Crippen LogP contribution < -0.4 is 4.74 Å². The molecule has 1 aromatic heterocycles. The predicted octanol–water partition coefficient (Wildman–Crippen LogP) is 1.59. The third-order valence-corrected chi connectivity index (χ3v) is 4.28. The van der Waals surface area contributed by atoms with Crippen LogP contribution in [-0.4, -0.2) is 51.5 Å². The highest BCUT2D eigenvalue weighted by Crippen LogP contribution is 2.32. The number of aliphatic hydroxyl groups is 1. The van der Waals surface area contributed by atoms with Crippen molar-refractivity contribution in [1.82, 2.24) is 20.3 Å². The molecule has 0 spiro atoms. The summed E-state index contributed by atoms with van der Waals surface area (Å²) in [7, 11) is 1.50. The number of benzene rings is 1. The number of β-amino-alcohol motifs (C(OH)–C–C–N with tert-alkyl or cyclic N) is 1. The number of nitrogens with zero attached hydrogens (tertiary/aromatic N) is 3. The average molecular weight is 337 g/mol. The van der Waals surface area contributed by atoms with E-state index >= 15 is 0 Å². The van der Waals surface area contributed by atoms with Gasteiger partial charge in [-0.15, -0.1) is 0 Å². The first-order valence-corrected chi connectivity index (χ1v) is 7.63. The summed E-state index contributed by atoms with van der Waals surface area (Å²) in [6.45, 7) is 0.697. The molecule has 7 nitrogen and oxygen atoms in total. The second kappa shape index (κ2) is 6.17. The van der Waals surface area contributed by atoms with E-state index in [0.717, 1.165) is 0 Å². The number of ether oxygens (including phenoxy) is 1. The van der Waals surface area contributed by atoms with Gasteiger partial charge in [-0.3, -0.25) is 4.79 Å². The number of aromatic amines is 1. The number of amides is 1. The number of hydrogen-bond acceptors (Lipinski definition) is 5. The lowest BCUT2D eigenvalue weighted by atomic mass is 9.89. The van der Waals surface area contributed by atoms with Crippen molar-refractivity contribution in [3.63, 3.8) is 0 Å². The van der Waals surface area contributed by atoms with Crippen LogP contribution in [0, 0.1) is 0 Å². The van der Waals surface area contributed by atoms with E-state index in [0.29, 0.717) is 41.4 Å². The lowest BCUT2D eigenvalue weighted by molar-refractivity contribution is -0.0321. The fraction of sp³-hybridized carbons (Fsp3) is 0.400. The van der Waals surface area contributed by atoms with Gasteiger partial charge in [0.15, 0.2) is 0 Å². The van der Waals surface area contributed by atoms with Gasteiger partial charge in [0.2, 0.25) is 0 Å². The molecule has 2 N–H and O–H groups in total. The monoisotopic (exact) mass is 336 g/mol. The van der Waals surface area contributed by atoms with E-state index < -0.39 is 5.60 Å². The van der Waals surface area contributed by atoms with E-state index in [4.69, 9.17) is 16.3 Å². The van der Waals surface area contributed by atoms with Crippen molar-refractivity contribution >= 4 is 17.5 Å². The zero-order valence-corrected chi connectivity index (χ0v) is 13.4. The standard InChI is InChI=1S/C15H17ClN4O3/c1-23-12-4-3-10(16)7-11(12)14(21)20-6-2-5-15(22,9-20)13-8-17-19-18-13/h3-4,7-8,22H,2,5-6,9H2,1H3,(H,17,18,19)/t15-/m0/s1. The first-order valence-electron chi connectivity index (χ1n) is 7.25. The molecule has 0 saturated carbocycles. The van der Waals surface area contributed by atoms with E-state index in [2.05, 4.69) is 15.4 Å². The minimum absolute atomic E-state index is 0.147. The van der Waals surface area contributed by atoms with E-state index in [-0.39, 0.29) is 12.5 Å². The molecule has 0 unspecified atom stereocenters. The molecule has 0 bridgehead atoms. The third-order valence-electron chi connectivity index (χ3n) is 4.04. The van der Waals surface area contributed by atoms with Gasteiger partial charge in [0.25, 0.3) is 5.91 Å². The highest BCUT2D eigenvalue weighted by Gasteiger charge is 2.39. The Bertz CT molecular complexity index is 707. The topological polar surface area (TPSA) is 91.3 Å². The lowest BCUT2D eigenvalue weighted by Crippen LogP contribution is -2.48. The number of H-pyrrole nitrogens is 1. The Morgan fingerprint density at radius 1 is 1.52 bits per heavy atom. The van der Waals surface area contributed by atoms with Gasteiger partial charge in [-0.05, 0) is 31.0 Å². The summed E-state index contributed by atoms with van der Waals surface area (Å²) in [6, 6.07) is 4.90. The highest BCUT2D eigenvalue weighted by atomic mass is 35.5. The molecular weight excluding hydrogens is 320 g/mol. The van der Waals surface area contributed by atoms with Crippen LogP contribution in [0.3, 0.4) is 0 Å². The Labute approximate surface area is 138 Å². The number of rotatable bonds is 3. The van der Waals surface area contributed by atoms with Gasteiger partial charge in [-0.2, -0.15) is 15.4 Å². The van der Waals surface area contributed by atoms with Gasteiger partial charge in [0.1, 0.15) is 17.0 Å². The molecule has 1 aliphatic heterocycles. The number of carbonyl (C=O) groups excluding carboxylic acids is 1. The van der Waals surface area contributed by atoms with Gasteiger partial charge in [-0.25, -0.2) is 0 Å². The predicted molar refractivity (Wildman–Crippen MR) is 83.4 cm³/mol. The average Bonchev–Trinajstić information content (AvgIpc) is 3.09. The number of hydrogen-bond donors (Lipinski definition) is 2. The minimum atomic E-state index is -1.20. The van der Waals surface area contributed by atoms with Crippen LogP contribution in [0.2, 0.25) is 5.02 Å². The van der Waals surface area contributed by atoms with Crippen molar-refractivity contribution in [3.8, 4) is 5.75 Å². The Balaban J connectivity index is 1.87. The maximum Gasteiger partial charge on any atom is 0.257 e. The van der Waals surface area contributed by atoms with E-state index in [1.807, 2.05) is 0 Å². The first-order chi connectivity index (χ1) is 11.0. The molecule has 0 radical (unpaired) electrons. The lowest BCUT2D eigenvalue weighted by Gasteiger charge is -2.38. The Morgan fingerprint density at radius 3 is 3.04 bits per heavy atom. The fourth-order valence-corrected chi connectivity index (χ4v) is 3.03. The number of carbonyl (C=O) groups is 1. The molecule has 2 aromatic rings. The summed E-state index contributed by atoms with van der Waals surface area (Å²) in [5, 5.41) is 21.4. The second-order valence-electron chi connectivity index (χ2n) is 5.56. The Morgan fingerprint density at radius 2 is 2.35 bits per heavy atom. The van der Waals surface area contributed by atoms with Gasteiger partial charge in [-0.1, -0.05) is 11.6 Å². The number of likely N-dealkylation sites (tertiary alicyclic amines) is 1. The first kappa shape index (κ1) is 15.8. The van der Waals surface area contributed by atoms with Crippen LogP contribution in [0.15, 0.2) is 24.4 Å². The maximum absolute atomic E-state index is 12.8. The van der Waals surface area contributed by atoms with Gasteiger partial charge < -0.3 is 14.7 Å². The molecule has 122 valence electrons. The van der Waals surface area contributed by atoms with Crippen LogP contribution in [0.1, 0.15) is 28.9 Å². The second-order valence-corrected chi connectivity index (χ2v) is 6.00. The van der Waals surface area contributed by atoms with Crippen LogP contribution in [0.25, 0.3) is 0 Å². The normalized spacial score (nSPS) is 21.3. The SMILES string of the molecule is COc1ccc(Cl)cc1C(=O)N1CCC[C@@](O)(c2cn[nH]n2)C1. The number of piperidine rings is 1. The summed E-state index contributed by atoms with van der Waals surface area (Å²) in [5.74, 6) is 0.223. The summed E-state index contributed by atoms with van der Waals surface area (Å²) in [4.78, 5) is 14.4. The molecule has 1 saturated heterocycles. The smallest absolute Gasteiger partial charge is 0.257 e. The molecule has 0 aliphatic carbocycles. The molecular formula is C15H17ClN4O3. The molecule has 23 heavy (non-hydrogen) atoms. The Hall–Kier alpha value is -2.12. The zero-order chi connectivity index (χ0) is 16.4. The summed E-state index contributed by atoms with van der Waals surface area (Å²) < 4.78 is 5.24. The molecule has 1 atom stereocenters. The van der Waals surface area contributed by atoms with Gasteiger partial charge >= 0.3 is 0 Å². The Kier molecular flexibility index (Phi) is 4.23. The van der Waals surface area contributed by atoms with Crippen LogP contribution >= 0.6 is 11.6 Å². The van der Waals surface area contributed by atoms with Crippen molar-refractivity contribution in [1.29, 1.82) is 0 Å². The maximum atomic E-state index is 12.8. The quantitative estimate of drug-likeness (QED) is 0.888. The minimum Gasteiger partial charge on any atom is -0.496 e. The van der Waals surface area contributed by atoms with Crippen LogP contribution in [-0.2, 0) is 5.60 Å². The molecule has 1 fully saturated rings. The third kappa shape index (κ3) is 3.02. The van der Waals surface area contributed by atoms with Crippen LogP contribution in [0.4, 0.5) is 0 Å². The number of methoxy groups -OCH3 is 1. The molecule has 8 heteroatoms. The van der Waals surface area contributed by atoms with Crippen molar-refractivity contribution in [3.05, 3.63) is 40.7 Å². The summed E-state index contributed by atoms with van der Waals surface area (Å²) in [5.41, 5.74) is -0.385. The number of nitrogens with one attached hydrogen (secondary N) is 1. The molecule has 1 aromatic carbocycles. The van der Waals surface area contributed by atoms with E-state index in [9.17, 15) is 9.90 Å². The van der Waals surface area contributed by atoms with Crippen molar-refractivity contribution in [2.24, 2.45) is 0 Å². The van der Waals surface area contributed by atoms with Crippen molar-refractivity contribution in [2.45, 2.75) is 18.4 Å². The summed E-state index contributed by atoms with van der Waals surface area (Å²) in [6.07, 6.45) is 2.67. The summed E-state index contributed by atoms with van der Waals surface area (Å²) >= 11 is 6.00. The molecule has 1 aliphatic rings. The largest absolute Gasteiger partial charge is 0.496 e. The van der Waals surface area contributed by atoms with Crippen molar-refractivity contribution in [2.75, 3.05) is 20.2 Å². The van der Waals surface area contributed by atoms with Crippen molar-refractivity contribution < 1.29 is 14.6 Å². The molecule has 2 heterocycles. The van der Waals surface area contributed by atoms with E-state index in [1.165, 1.54) is 13.3 Å². The fourth-order valence-electron chi connectivity index (χ4n) is 2.86. The van der Waals surface area contributed by atoms with E-state index in [1.54, 1.807) is 23.1 Å². The van der Waals surface area contributed by atoms with Gasteiger partial charge in [0.05, 0.1) is 25.4 Å². The number of aromatic nitrogens is 3. The molecule has 3 rings (SSSR count). The highest BCUT2D eigenvalue weighted by molar-refractivity contribution is 6.31. The van der Waals surface area contributed by atoms with Gasteiger partial charge in [0, 0.05) is 11.6 Å². The number of halogens is 1. The molecule has 1 amide bonds. The zero-order valence-electron chi connectivity index (χ0n) is 12.6. The van der Waals surface area contributed by atoms with Crippen LogP contribution in [0.5, 0.6) is 5.75 Å².